The van der Waals surface area contributed by atoms with E-state index in [2.05, 4.69) is 17.6 Å². The van der Waals surface area contributed by atoms with Crippen molar-refractivity contribution >= 4 is 39.5 Å². The normalized spacial score (nSPS) is 20.1. The van der Waals surface area contributed by atoms with Crippen LogP contribution >= 0.6 is 22.9 Å². The van der Waals surface area contributed by atoms with Crippen molar-refractivity contribution in [2.24, 2.45) is 5.92 Å². The Kier molecular flexibility index (Phi) is 4.56. The quantitative estimate of drug-likeness (QED) is 0.408. The highest BCUT2D eigenvalue weighted by atomic mass is 35.5. The number of amides is 1. The smallest absolute Gasteiger partial charge is 0.270 e. The third-order valence-corrected chi connectivity index (χ3v) is 7.14. The first-order valence-corrected chi connectivity index (χ1v) is 10.9. The van der Waals surface area contributed by atoms with Gasteiger partial charge in [0, 0.05) is 22.6 Å². The molecule has 1 aromatic carbocycles. The van der Waals surface area contributed by atoms with Crippen molar-refractivity contribution in [3.63, 3.8) is 0 Å². The number of thiophene rings is 1. The molecule has 5 rings (SSSR count). The maximum Gasteiger partial charge on any atom is 0.270 e. The number of nitro groups is 1. The molecule has 0 unspecified atom stereocenters. The summed E-state index contributed by atoms with van der Waals surface area (Å²) in [6.07, 6.45) is 2.51. The molecule has 9 heteroatoms. The van der Waals surface area contributed by atoms with E-state index in [9.17, 15) is 14.9 Å². The zero-order valence-electron chi connectivity index (χ0n) is 16.0. The van der Waals surface area contributed by atoms with Gasteiger partial charge in [0.2, 0.25) is 0 Å². The van der Waals surface area contributed by atoms with Crippen molar-refractivity contribution in [1.29, 1.82) is 0 Å². The fourth-order valence-corrected chi connectivity index (χ4v) is 5.72. The molecule has 0 saturated carbocycles. The van der Waals surface area contributed by atoms with Crippen LogP contribution in [0.2, 0.25) is 5.02 Å². The zero-order valence-corrected chi connectivity index (χ0v) is 17.6. The Labute approximate surface area is 181 Å². The SMILES string of the molecule is C[C@@H]1CCc2c(sc3c2C(=O)N[C@H](c2ccc(-c4cc([N+](=O)[O-])ccc4Cl)o2)N3)C1. The summed E-state index contributed by atoms with van der Waals surface area (Å²) in [4.78, 5) is 24.7. The Hall–Kier alpha value is -2.84. The Balaban J connectivity index is 1.45. The maximum atomic E-state index is 12.9. The van der Waals surface area contributed by atoms with Crippen molar-refractivity contribution in [1.82, 2.24) is 5.32 Å². The predicted molar refractivity (Wildman–Crippen MR) is 115 cm³/mol. The lowest BCUT2D eigenvalue weighted by Crippen LogP contribution is -2.38. The van der Waals surface area contributed by atoms with Crippen LogP contribution in [0.4, 0.5) is 10.7 Å². The minimum Gasteiger partial charge on any atom is -0.457 e. The molecule has 0 bridgehead atoms. The molecule has 2 aromatic heterocycles. The zero-order chi connectivity index (χ0) is 21.0. The van der Waals surface area contributed by atoms with Gasteiger partial charge in [-0.2, -0.15) is 0 Å². The lowest BCUT2D eigenvalue weighted by Gasteiger charge is -2.25. The first-order chi connectivity index (χ1) is 14.4. The molecule has 0 saturated heterocycles. The number of nitro benzene ring substituents is 1. The van der Waals surface area contributed by atoms with Gasteiger partial charge in [0.1, 0.15) is 16.5 Å². The highest BCUT2D eigenvalue weighted by Gasteiger charge is 2.34. The number of nitrogens with zero attached hydrogens (tertiary/aromatic N) is 1. The van der Waals surface area contributed by atoms with Crippen LogP contribution in [0.15, 0.2) is 34.7 Å². The number of carbonyl (C=O) groups is 1. The van der Waals surface area contributed by atoms with E-state index in [1.54, 1.807) is 23.5 Å². The molecule has 1 aliphatic heterocycles. The van der Waals surface area contributed by atoms with Gasteiger partial charge in [0.05, 0.1) is 15.5 Å². The molecule has 1 aliphatic carbocycles. The molecular weight excluding hydrogens is 426 g/mol. The van der Waals surface area contributed by atoms with Crippen molar-refractivity contribution < 1.29 is 14.1 Å². The number of nitrogens with one attached hydrogen (secondary N) is 2. The Morgan fingerprint density at radius 2 is 2.10 bits per heavy atom. The highest BCUT2D eigenvalue weighted by Crippen LogP contribution is 2.43. The van der Waals surface area contributed by atoms with E-state index in [0.29, 0.717) is 28.0 Å². The summed E-state index contributed by atoms with van der Waals surface area (Å²) in [6, 6.07) is 7.64. The third-order valence-electron chi connectivity index (χ3n) is 5.63. The van der Waals surface area contributed by atoms with E-state index in [1.165, 1.54) is 28.6 Å². The fourth-order valence-electron chi connectivity index (χ4n) is 4.07. The summed E-state index contributed by atoms with van der Waals surface area (Å²) in [5.74, 6) is 1.43. The van der Waals surface area contributed by atoms with Crippen LogP contribution in [0.25, 0.3) is 11.3 Å². The van der Waals surface area contributed by atoms with Gasteiger partial charge in [-0.25, -0.2) is 0 Å². The van der Waals surface area contributed by atoms with Gasteiger partial charge in [0.25, 0.3) is 11.6 Å². The summed E-state index contributed by atoms with van der Waals surface area (Å²) in [6.45, 7) is 2.24. The first-order valence-electron chi connectivity index (χ1n) is 9.66. The maximum absolute atomic E-state index is 12.9. The molecule has 7 nitrogen and oxygen atoms in total. The van der Waals surface area contributed by atoms with Gasteiger partial charge < -0.3 is 15.1 Å². The number of furan rings is 1. The minimum atomic E-state index is -0.520. The van der Waals surface area contributed by atoms with Gasteiger partial charge in [-0.15, -0.1) is 11.3 Å². The standard InChI is InChI=1S/C21H18ClN3O4S/c1-10-2-4-12-17(8-10)30-21-18(12)20(26)23-19(24-21)16-7-6-15(29-16)13-9-11(25(27)28)3-5-14(13)22/h3,5-7,9-10,19,24H,2,4,8H2,1H3,(H,23,26)/t10-,19+/m1/s1. The van der Waals surface area contributed by atoms with Crippen molar-refractivity contribution in [3.05, 3.63) is 67.2 Å². The van der Waals surface area contributed by atoms with Gasteiger partial charge in [0.15, 0.2) is 6.17 Å². The Morgan fingerprint density at radius 3 is 2.90 bits per heavy atom. The largest absolute Gasteiger partial charge is 0.457 e. The molecule has 2 aliphatic rings. The average Bonchev–Trinajstić information content (AvgIpc) is 3.32. The van der Waals surface area contributed by atoms with Gasteiger partial charge in [-0.3, -0.25) is 14.9 Å². The van der Waals surface area contributed by atoms with E-state index in [4.69, 9.17) is 16.0 Å². The molecule has 154 valence electrons. The lowest BCUT2D eigenvalue weighted by molar-refractivity contribution is -0.384. The summed E-state index contributed by atoms with van der Waals surface area (Å²) in [7, 11) is 0. The molecule has 30 heavy (non-hydrogen) atoms. The van der Waals surface area contributed by atoms with Gasteiger partial charge >= 0.3 is 0 Å². The first kappa shape index (κ1) is 19.1. The fraction of sp³-hybridized carbons (Fsp3) is 0.286. The minimum absolute atomic E-state index is 0.0699. The molecule has 2 N–H and O–H groups in total. The number of rotatable bonds is 3. The molecule has 0 fully saturated rings. The summed E-state index contributed by atoms with van der Waals surface area (Å²) in [5, 5.41) is 18.6. The number of benzene rings is 1. The Morgan fingerprint density at radius 1 is 1.27 bits per heavy atom. The molecule has 3 heterocycles. The number of hydrogen-bond acceptors (Lipinski definition) is 6. The third kappa shape index (κ3) is 3.16. The average molecular weight is 444 g/mol. The molecule has 0 spiro atoms. The van der Waals surface area contributed by atoms with Crippen molar-refractivity contribution in [2.45, 2.75) is 32.4 Å². The van der Waals surface area contributed by atoms with E-state index in [0.717, 1.165) is 29.8 Å². The van der Waals surface area contributed by atoms with E-state index in [-0.39, 0.29) is 11.6 Å². The van der Waals surface area contributed by atoms with Crippen LogP contribution in [-0.2, 0) is 12.8 Å². The number of fused-ring (bicyclic) bond motifs is 3. The van der Waals surface area contributed by atoms with E-state index < -0.39 is 11.1 Å². The molecule has 1 amide bonds. The number of anilines is 1. The van der Waals surface area contributed by atoms with Crippen LogP contribution in [0, 0.1) is 16.0 Å². The number of non-ortho nitro benzene ring substituents is 1. The highest BCUT2D eigenvalue weighted by molar-refractivity contribution is 7.16. The van der Waals surface area contributed by atoms with Crippen LogP contribution in [0.1, 0.15) is 46.1 Å². The number of carbonyl (C=O) groups excluding carboxylic acids is 1. The molecular formula is C21H18ClN3O4S. The van der Waals surface area contributed by atoms with E-state index >= 15 is 0 Å². The van der Waals surface area contributed by atoms with Crippen LogP contribution in [0.5, 0.6) is 0 Å². The van der Waals surface area contributed by atoms with Crippen LogP contribution < -0.4 is 10.6 Å². The van der Waals surface area contributed by atoms with Crippen molar-refractivity contribution in [2.75, 3.05) is 5.32 Å². The van der Waals surface area contributed by atoms with E-state index in [1.807, 2.05) is 0 Å². The summed E-state index contributed by atoms with van der Waals surface area (Å²) < 4.78 is 5.93. The topological polar surface area (TPSA) is 97.4 Å². The summed E-state index contributed by atoms with van der Waals surface area (Å²) in [5.41, 5.74) is 2.28. The molecule has 2 atom stereocenters. The van der Waals surface area contributed by atoms with Gasteiger partial charge in [-0.1, -0.05) is 18.5 Å². The second-order valence-corrected chi connectivity index (χ2v) is 9.24. The number of hydrogen-bond donors (Lipinski definition) is 2. The lowest BCUT2D eigenvalue weighted by atomic mass is 9.88. The van der Waals surface area contributed by atoms with Crippen LogP contribution in [0.3, 0.4) is 0 Å². The van der Waals surface area contributed by atoms with Crippen molar-refractivity contribution in [3.8, 4) is 11.3 Å². The van der Waals surface area contributed by atoms with Crippen LogP contribution in [-0.4, -0.2) is 10.8 Å². The second-order valence-electron chi connectivity index (χ2n) is 7.73. The molecule has 3 aromatic rings. The number of halogens is 1. The monoisotopic (exact) mass is 443 g/mol. The molecule has 0 radical (unpaired) electrons. The van der Waals surface area contributed by atoms with Gasteiger partial charge in [-0.05, 0) is 48.9 Å². The second kappa shape index (κ2) is 7.14. The summed E-state index contributed by atoms with van der Waals surface area (Å²) >= 11 is 7.87. The Bertz CT molecular complexity index is 1190. The predicted octanol–water partition coefficient (Wildman–Crippen LogP) is 5.55.